The van der Waals surface area contributed by atoms with E-state index in [1.165, 1.54) is 6.33 Å². The number of aromatic nitrogens is 4. The van der Waals surface area contributed by atoms with Gasteiger partial charge in [0.05, 0.1) is 12.7 Å². The molecule has 1 aliphatic rings. The largest absolute Gasteiger partial charge is 0.394 e. The fraction of sp³-hybridized carbons (Fsp3) is 0.500. The number of hydrogen-bond acceptors (Lipinski definition) is 8. The first kappa shape index (κ1) is 12.1. The topological polar surface area (TPSA) is 145 Å². The van der Waals surface area contributed by atoms with E-state index >= 15 is 0 Å². The van der Waals surface area contributed by atoms with Crippen molar-refractivity contribution >= 4 is 22.9 Å². The highest BCUT2D eigenvalue weighted by molar-refractivity contribution is 5.83. The molecule has 0 saturated carbocycles. The Hall–Kier alpha value is -1.97. The summed E-state index contributed by atoms with van der Waals surface area (Å²) in [5.74, 6) is 0.408. The predicted molar refractivity (Wildman–Crippen MR) is 65.8 cm³/mol. The Morgan fingerprint density at radius 1 is 1.42 bits per heavy atom. The van der Waals surface area contributed by atoms with Crippen molar-refractivity contribution in [3.05, 3.63) is 6.33 Å². The van der Waals surface area contributed by atoms with Crippen LogP contribution in [0.5, 0.6) is 0 Å². The van der Waals surface area contributed by atoms with Gasteiger partial charge in [0.15, 0.2) is 17.0 Å². The third-order valence-corrected chi connectivity index (χ3v) is 3.20. The van der Waals surface area contributed by atoms with E-state index in [1.54, 1.807) is 4.57 Å². The summed E-state index contributed by atoms with van der Waals surface area (Å²) in [5, 5.41) is 18.9. The number of rotatable bonds is 2. The summed E-state index contributed by atoms with van der Waals surface area (Å²) >= 11 is 0. The van der Waals surface area contributed by atoms with Crippen LogP contribution < -0.4 is 11.5 Å². The van der Waals surface area contributed by atoms with Gasteiger partial charge in [-0.05, 0) is 0 Å². The number of hydrogen-bond donors (Lipinski definition) is 4. The van der Waals surface area contributed by atoms with Crippen LogP contribution in [0.25, 0.3) is 11.2 Å². The lowest BCUT2D eigenvalue weighted by Gasteiger charge is -2.14. The second-order valence-corrected chi connectivity index (χ2v) is 4.39. The minimum absolute atomic E-state index is 0.179. The van der Waals surface area contributed by atoms with Gasteiger partial charge in [-0.2, -0.15) is 0 Å². The van der Waals surface area contributed by atoms with Gasteiger partial charge < -0.3 is 26.4 Å². The van der Waals surface area contributed by atoms with Crippen molar-refractivity contribution in [1.29, 1.82) is 0 Å². The normalized spacial score (nSPS) is 27.2. The maximum atomic E-state index is 9.76. The molecule has 3 rings (SSSR count). The average molecular weight is 266 g/mol. The molecule has 3 atom stereocenters. The zero-order chi connectivity index (χ0) is 13.6. The smallest absolute Gasteiger partial charge is 0.204 e. The molecule has 0 bridgehead atoms. The lowest BCUT2D eigenvalue weighted by Crippen LogP contribution is -2.24. The molecule has 0 aromatic carbocycles. The zero-order valence-corrected chi connectivity index (χ0v) is 9.97. The highest BCUT2D eigenvalue weighted by Gasteiger charge is 2.36. The minimum Gasteiger partial charge on any atom is -0.394 e. The van der Waals surface area contributed by atoms with Gasteiger partial charge in [0, 0.05) is 6.42 Å². The predicted octanol–water partition coefficient (Wildman–Crippen LogP) is -1.37. The Morgan fingerprint density at radius 2 is 2.21 bits per heavy atom. The Bertz CT molecular complexity index is 615. The van der Waals surface area contributed by atoms with E-state index in [2.05, 4.69) is 15.0 Å². The van der Waals surface area contributed by atoms with E-state index in [-0.39, 0.29) is 18.4 Å². The van der Waals surface area contributed by atoms with Gasteiger partial charge in [-0.1, -0.05) is 0 Å². The molecule has 6 N–H and O–H groups in total. The molecule has 0 radical (unpaired) electrons. The van der Waals surface area contributed by atoms with Crippen LogP contribution >= 0.6 is 0 Å². The molecular weight excluding hydrogens is 252 g/mol. The van der Waals surface area contributed by atoms with Gasteiger partial charge in [-0.25, -0.2) is 15.0 Å². The fourth-order valence-electron chi connectivity index (χ4n) is 2.26. The van der Waals surface area contributed by atoms with Crippen LogP contribution in [0.1, 0.15) is 12.6 Å². The number of nitrogen functional groups attached to an aromatic ring is 2. The molecule has 9 heteroatoms. The number of ether oxygens (including phenoxy) is 1. The monoisotopic (exact) mass is 266 g/mol. The van der Waals surface area contributed by atoms with Gasteiger partial charge in [-0.3, -0.25) is 4.57 Å². The number of nitrogens with two attached hydrogens (primary N) is 2. The maximum absolute atomic E-state index is 9.76. The van der Waals surface area contributed by atoms with Gasteiger partial charge in [0.25, 0.3) is 0 Å². The van der Waals surface area contributed by atoms with Crippen molar-refractivity contribution in [3.63, 3.8) is 0 Å². The van der Waals surface area contributed by atoms with Gasteiger partial charge in [0.2, 0.25) is 5.95 Å². The van der Waals surface area contributed by atoms with Crippen molar-refractivity contribution in [1.82, 2.24) is 19.5 Å². The van der Waals surface area contributed by atoms with E-state index in [0.717, 1.165) is 0 Å². The van der Waals surface area contributed by atoms with Gasteiger partial charge in [0.1, 0.15) is 18.7 Å². The van der Waals surface area contributed by atoms with E-state index in [9.17, 15) is 5.11 Å². The van der Waals surface area contributed by atoms with Crippen LogP contribution in [-0.2, 0) is 4.74 Å². The van der Waals surface area contributed by atoms with E-state index in [1.807, 2.05) is 0 Å². The Kier molecular flexibility index (Phi) is 2.73. The molecule has 1 fully saturated rings. The summed E-state index contributed by atoms with van der Waals surface area (Å²) in [6.07, 6.45) is -0.326. The Morgan fingerprint density at radius 3 is 2.89 bits per heavy atom. The van der Waals surface area contributed by atoms with Crippen molar-refractivity contribution < 1.29 is 14.9 Å². The summed E-state index contributed by atoms with van der Waals surface area (Å²) in [5.41, 5.74) is 12.4. The fourth-order valence-corrected chi connectivity index (χ4v) is 2.26. The van der Waals surface area contributed by atoms with E-state index in [0.29, 0.717) is 17.6 Å². The molecule has 2 aromatic heterocycles. The molecule has 102 valence electrons. The third kappa shape index (κ3) is 1.79. The number of aliphatic hydroxyl groups is 2. The van der Waals surface area contributed by atoms with Crippen LogP contribution in [0.15, 0.2) is 6.33 Å². The van der Waals surface area contributed by atoms with Gasteiger partial charge in [-0.15, -0.1) is 0 Å². The molecule has 9 nitrogen and oxygen atoms in total. The zero-order valence-electron chi connectivity index (χ0n) is 9.97. The van der Waals surface area contributed by atoms with Crippen LogP contribution in [0.3, 0.4) is 0 Å². The lowest BCUT2D eigenvalue weighted by atomic mass is 10.2. The summed E-state index contributed by atoms with van der Waals surface area (Å²) in [4.78, 5) is 12.0. The Labute approximate surface area is 107 Å². The Balaban J connectivity index is 2.06. The molecular formula is C10H14N6O3. The molecule has 0 aliphatic carbocycles. The average Bonchev–Trinajstić information content (AvgIpc) is 2.90. The number of aliphatic hydroxyl groups excluding tert-OH is 2. The first-order chi connectivity index (χ1) is 9.11. The quantitative estimate of drug-likeness (QED) is 0.521. The molecule has 2 aromatic rings. The standard InChI is InChI=1S/C10H14N6O3/c11-8-7-9(14-3-13-8)16(10(12)15-7)6-1-4(18)5(2-17)19-6/h3-6,17-18H,1-2H2,(H2,12,15)(H2,11,13,14)/t4?,5-,6-/m1/s1. The minimum atomic E-state index is -0.758. The second kappa shape index (κ2) is 4.30. The summed E-state index contributed by atoms with van der Waals surface area (Å²) in [7, 11) is 0. The van der Waals surface area contributed by atoms with Crippen LogP contribution in [0.4, 0.5) is 11.8 Å². The van der Waals surface area contributed by atoms with E-state index < -0.39 is 18.4 Å². The molecule has 1 unspecified atom stereocenters. The van der Waals surface area contributed by atoms with Crippen molar-refractivity contribution in [2.24, 2.45) is 0 Å². The molecule has 1 saturated heterocycles. The third-order valence-electron chi connectivity index (χ3n) is 3.20. The first-order valence-electron chi connectivity index (χ1n) is 5.80. The highest BCUT2D eigenvalue weighted by atomic mass is 16.5. The molecule has 1 aliphatic heterocycles. The number of fused-ring (bicyclic) bond motifs is 1. The molecule has 19 heavy (non-hydrogen) atoms. The highest BCUT2D eigenvalue weighted by Crippen LogP contribution is 2.33. The van der Waals surface area contributed by atoms with Crippen molar-refractivity contribution in [2.75, 3.05) is 18.1 Å². The van der Waals surface area contributed by atoms with Gasteiger partial charge >= 0.3 is 0 Å². The van der Waals surface area contributed by atoms with E-state index in [4.69, 9.17) is 21.3 Å². The summed E-state index contributed by atoms with van der Waals surface area (Å²) in [6.45, 7) is -0.263. The van der Waals surface area contributed by atoms with Crippen molar-refractivity contribution in [2.45, 2.75) is 24.9 Å². The van der Waals surface area contributed by atoms with Crippen LogP contribution in [0, 0.1) is 0 Å². The summed E-state index contributed by atoms with van der Waals surface area (Å²) < 4.78 is 7.09. The maximum Gasteiger partial charge on any atom is 0.204 e. The summed E-state index contributed by atoms with van der Waals surface area (Å²) in [6, 6.07) is 0. The SMILES string of the molecule is Nc1ncnc2c1nc(N)n2[C@H]1CC(O)[C@@H](CO)O1. The lowest BCUT2D eigenvalue weighted by molar-refractivity contribution is -0.0425. The van der Waals surface area contributed by atoms with Crippen molar-refractivity contribution in [3.8, 4) is 0 Å². The molecule has 3 heterocycles. The first-order valence-corrected chi connectivity index (χ1v) is 5.80. The van der Waals surface area contributed by atoms with Crippen LogP contribution in [0.2, 0.25) is 0 Å². The number of nitrogens with zero attached hydrogens (tertiary/aromatic N) is 4. The number of imidazole rings is 1. The molecule has 0 amide bonds. The van der Waals surface area contributed by atoms with Crippen LogP contribution in [-0.4, -0.2) is 48.5 Å². The number of anilines is 2. The second-order valence-electron chi connectivity index (χ2n) is 4.39. The molecule has 0 spiro atoms.